The first kappa shape index (κ1) is 18.8. The number of hydrogen-bond donors (Lipinski definition) is 0. The van der Waals surface area contributed by atoms with Crippen LogP contribution in [0.25, 0.3) is 52.1 Å². The van der Waals surface area contributed by atoms with E-state index in [1.165, 1.54) is 37.2 Å². The van der Waals surface area contributed by atoms with Crippen molar-refractivity contribution in [3.05, 3.63) is 57.0 Å². The monoisotopic (exact) mass is 486 g/mol. The normalized spacial score (nSPS) is 12.0. The number of halogens is 2. The highest BCUT2D eigenvalue weighted by molar-refractivity contribution is 7.23. The van der Waals surface area contributed by atoms with E-state index in [9.17, 15) is 0 Å². The van der Waals surface area contributed by atoms with Crippen molar-refractivity contribution in [3.8, 4) is 20.9 Å². The van der Waals surface area contributed by atoms with Crippen LogP contribution in [0, 0.1) is 19.7 Å². The topological polar surface area (TPSA) is 25.8 Å². The first-order chi connectivity index (χ1) is 14.6. The molecule has 0 aliphatic carbocycles. The maximum Gasteiger partial charge on any atom is 0.153 e. The van der Waals surface area contributed by atoms with E-state index in [2.05, 4.69) is 40.1 Å². The summed E-state index contributed by atoms with van der Waals surface area (Å²) in [6.07, 6.45) is 0. The molecule has 6 aromatic rings. The molecule has 0 bridgehead atoms. The van der Waals surface area contributed by atoms with Crippen LogP contribution in [0.2, 0.25) is 5.02 Å². The van der Waals surface area contributed by atoms with Crippen LogP contribution in [0.1, 0.15) is 11.1 Å². The minimum Gasteiger partial charge on any atom is -0.205 e. The SMILES string of the molecule is Cc1c2cc(-c3c(F)c(Cl)c(-c4cccs4)c4nsnc34)sc2c(C)c2ccsc12. The molecule has 2 aromatic carbocycles. The molecule has 0 aliphatic heterocycles. The summed E-state index contributed by atoms with van der Waals surface area (Å²) < 4.78 is 27.1. The average molecular weight is 487 g/mol. The predicted octanol–water partition coefficient (Wildman–Crippen LogP) is 8.93. The lowest BCUT2D eigenvalue weighted by molar-refractivity contribution is 0.634. The van der Waals surface area contributed by atoms with E-state index in [0.29, 0.717) is 22.2 Å². The van der Waals surface area contributed by atoms with E-state index < -0.39 is 5.82 Å². The number of hydrogen-bond acceptors (Lipinski definition) is 6. The van der Waals surface area contributed by atoms with E-state index in [1.54, 1.807) is 22.7 Å². The van der Waals surface area contributed by atoms with Gasteiger partial charge < -0.3 is 0 Å². The standard InChI is InChI=1S/C22H12ClFN2S4/c1-9-11-5-7-28-21(11)10(2)12-8-14(29-22(9)12)16-18(24)17(23)15(13-4-3-6-27-13)19-20(16)26-30-25-19/h3-8H,1-2H3. The lowest BCUT2D eigenvalue weighted by Gasteiger charge is -2.09. The molecule has 8 heteroatoms. The van der Waals surface area contributed by atoms with E-state index >= 15 is 4.39 Å². The lowest BCUT2D eigenvalue weighted by atomic mass is 10.0. The zero-order chi connectivity index (χ0) is 20.6. The van der Waals surface area contributed by atoms with Crippen LogP contribution in [0.3, 0.4) is 0 Å². The highest BCUT2D eigenvalue weighted by atomic mass is 35.5. The van der Waals surface area contributed by atoms with E-state index in [-0.39, 0.29) is 5.02 Å². The molecule has 2 nitrogen and oxygen atoms in total. The van der Waals surface area contributed by atoms with E-state index in [4.69, 9.17) is 11.6 Å². The van der Waals surface area contributed by atoms with Gasteiger partial charge in [0.05, 0.1) is 22.3 Å². The second kappa shape index (κ2) is 6.80. The molecule has 0 saturated carbocycles. The van der Waals surface area contributed by atoms with Gasteiger partial charge >= 0.3 is 0 Å². The molecule has 4 heterocycles. The van der Waals surface area contributed by atoms with Gasteiger partial charge in [-0.3, -0.25) is 0 Å². The van der Waals surface area contributed by atoms with Crippen molar-refractivity contribution >= 4 is 88.5 Å². The Morgan fingerprint density at radius 1 is 0.867 bits per heavy atom. The lowest BCUT2D eigenvalue weighted by Crippen LogP contribution is -1.91. The Morgan fingerprint density at radius 3 is 2.40 bits per heavy atom. The largest absolute Gasteiger partial charge is 0.205 e. The van der Waals surface area contributed by atoms with Crippen molar-refractivity contribution in [2.24, 2.45) is 0 Å². The smallest absolute Gasteiger partial charge is 0.153 e. The molecule has 30 heavy (non-hydrogen) atoms. The average Bonchev–Trinajstić information content (AvgIpc) is 3.53. The second-order valence-electron chi connectivity index (χ2n) is 7.08. The van der Waals surface area contributed by atoms with E-state index in [0.717, 1.165) is 26.9 Å². The molecule has 0 unspecified atom stereocenters. The molecule has 0 aliphatic rings. The summed E-state index contributed by atoms with van der Waals surface area (Å²) in [5.41, 5.74) is 4.79. The third-order valence-electron chi connectivity index (χ3n) is 5.49. The number of nitrogens with zero attached hydrogens (tertiary/aromatic N) is 2. The molecular weight excluding hydrogens is 475 g/mol. The Bertz CT molecular complexity index is 1540. The molecule has 0 radical (unpaired) electrons. The molecule has 6 rings (SSSR count). The summed E-state index contributed by atoms with van der Waals surface area (Å²) >= 11 is 12.5. The number of thiophene rings is 3. The summed E-state index contributed by atoms with van der Waals surface area (Å²) in [6.45, 7) is 4.28. The third kappa shape index (κ3) is 2.50. The predicted molar refractivity (Wildman–Crippen MR) is 131 cm³/mol. The van der Waals surface area contributed by atoms with Crippen molar-refractivity contribution in [3.63, 3.8) is 0 Å². The van der Waals surface area contributed by atoms with Crippen molar-refractivity contribution in [2.75, 3.05) is 0 Å². The fraction of sp³-hybridized carbons (Fsp3) is 0.0909. The summed E-state index contributed by atoms with van der Waals surface area (Å²) in [6, 6.07) is 8.11. The fourth-order valence-corrected chi connectivity index (χ4v) is 7.95. The van der Waals surface area contributed by atoms with Gasteiger partial charge in [0, 0.05) is 24.7 Å². The minimum absolute atomic E-state index is 0.111. The number of benzene rings is 2. The maximum atomic E-state index is 15.7. The van der Waals surface area contributed by atoms with Gasteiger partial charge in [-0.2, -0.15) is 8.75 Å². The molecular formula is C22H12ClFN2S4. The molecule has 0 amide bonds. The Labute approximate surface area is 192 Å². The van der Waals surface area contributed by atoms with Gasteiger partial charge in [-0.05, 0) is 64.7 Å². The number of aromatic nitrogens is 2. The quantitative estimate of drug-likeness (QED) is 0.244. The number of fused-ring (bicyclic) bond motifs is 3. The van der Waals surface area contributed by atoms with Gasteiger partial charge in [0.15, 0.2) is 5.82 Å². The van der Waals surface area contributed by atoms with Crippen LogP contribution >= 0.6 is 57.3 Å². The second-order valence-corrected chi connectivity index (χ2v) is 10.9. The zero-order valence-corrected chi connectivity index (χ0v) is 19.8. The molecule has 0 atom stereocenters. The first-order valence-corrected chi connectivity index (χ1v) is 12.8. The summed E-state index contributed by atoms with van der Waals surface area (Å²) in [7, 11) is 0. The molecule has 4 aromatic heterocycles. The molecule has 0 spiro atoms. The van der Waals surface area contributed by atoms with E-state index in [1.807, 2.05) is 17.5 Å². The molecule has 0 N–H and O–H groups in total. The minimum atomic E-state index is -0.427. The number of rotatable bonds is 2. The number of aryl methyl sites for hydroxylation is 2. The molecule has 148 valence electrons. The van der Waals surface area contributed by atoms with Crippen LogP contribution in [0.4, 0.5) is 4.39 Å². The van der Waals surface area contributed by atoms with Crippen molar-refractivity contribution in [1.29, 1.82) is 0 Å². The first-order valence-electron chi connectivity index (χ1n) is 9.13. The Balaban J connectivity index is 1.70. The van der Waals surface area contributed by atoms with Gasteiger partial charge in [-0.25, -0.2) is 4.39 Å². The Morgan fingerprint density at radius 2 is 1.63 bits per heavy atom. The van der Waals surface area contributed by atoms with Crippen LogP contribution < -0.4 is 0 Å². The third-order valence-corrected chi connectivity index (χ3v) is 9.57. The summed E-state index contributed by atoms with van der Waals surface area (Å²) in [4.78, 5) is 1.73. The van der Waals surface area contributed by atoms with Gasteiger partial charge in [-0.15, -0.1) is 34.0 Å². The summed E-state index contributed by atoms with van der Waals surface area (Å²) in [5, 5.41) is 6.62. The van der Waals surface area contributed by atoms with Crippen molar-refractivity contribution < 1.29 is 4.39 Å². The van der Waals surface area contributed by atoms with Crippen LogP contribution in [-0.2, 0) is 0 Å². The highest BCUT2D eigenvalue weighted by Gasteiger charge is 2.26. The van der Waals surface area contributed by atoms with Gasteiger partial charge in [0.1, 0.15) is 11.0 Å². The van der Waals surface area contributed by atoms with Crippen LogP contribution in [0.15, 0.2) is 35.0 Å². The fourth-order valence-electron chi connectivity index (χ4n) is 4.03. The maximum absolute atomic E-state index is 15.7. The van der Waals surface area contributed by atoms with Crippen molar-refractivity contribution in [2.45, 2.75) is 13.8 Å². The van der Waals surface area contributed by atoms with Crippen LogP contribution in [0.5, 0.6) is 0 Å². The molecule has 0 saturated heterocycles. The van der Waals surface area contributed by atoms with Crippen LogP contribution in [-0.4, -0.2) is 8.75 Å². The van der Waals surface area contributed by atoms with Gasteiger partial charge in [0.2, 0.25) is 0 Å². The summed E-state index contributed by atoms with van der Waals surface area (Å²) in [5.74, 6) is -0.427. The Kier molecular flexibility index (Phi) is 4.27. The zero-order valence-electron chi connectivity index (χ0n) is 15.7. The van der Waals surface area contributed by atoms with Crippen molar-refractivity contribution in [1.82, 2.24) is 8.75 Å². The molecule has 0 fully saturated rings. The van der Waals surface area contributed by atoms with Gasteiger partial charge in [-0.1, -0.05) is 17.7 Å². The highest BCUT2D eigenvalue weighted by Crippen LogP contribution is 2.48. The Hall–Kier alpha value is -1.90. The van der Waals surface area contributed by atoms with Gasteiger partial charge in [0.25, 0.3) is 0 Å².